The summed E-state index contributed by atoms with van der Waals surface area (Å²) in [6.45, 7) is 7.40. The van der Waals surface area contributed by atoms with Gasteiger partial charge in [0.05, 0.1) is 5.39 Å². The number of hydrogen-bond acceptors (Lipinski definition) is 5. The average molecular weight is 313 g/mol. The summed E-state index contributed by atoms with van der Waals surface area (Å²) in [4.78, 5) is 18.1. The van der Waals surface area contributed by atoms with Crippen LogP contribution in [0.25, 0.3) is 10.2 Å². The highest BCUT2D eigenvalue weighted by Gasteiger charge is 2.29. The number of aryl methyl sites for hydroxylation is 2. The van der Waals surface area contributed by atoms with E-state index in [1.54, 1.807) is 17.7 Å². The van der Waals surface area contributed by atoms with Crippen molar-refractivity contribution >= 4 is 27.4 Å². The Bertz CT molecular complexity index is 800. The lowest BCUT2D eigenvalue weighted by Gasteiger charge is -2.40. The molecule has 1 aliphatic heterocycles. The van der Waals surface area contributed by atoms with Gasteiger partial charge in [0.15, 0.2) is 0 Å². The third-order valence-corrected chi connectivity index (χ3v) is 5.53. The predicted molar refractivity (Wildman–Crippen MR) is 89.5 cm³/mol. The van der Waals surface area contributed by atoms with Gasteiger partial charge < -0.3 is 9.47 Å². The molecule has 1 saturated heterocycles. The van der Waals surface area contributed by atoms with Gasteiger partial charge in [-0.3, -0.25) is 0 Å². The molecule has 4 heterocycles. The molecule has 6 heteroatoms. The zero-order chi connectivity index (χ0) is 15.1. The zero-order valence-electron chi connectivity index (χ0n) is 12.9. The fraction of sp³-hybridized carbons (Fsp3) is 0.438. The summed E-state index contributed by atoms with van der Waals surface area (Å²) in [6, 6.07) is 2.25. The van der Waals surface area contributed by atoms with Crippen LogP contribution in [-0.4, -0.2) is 32.6 Å². The summed E-state index contributed by atoms with van der Waals surface area (Å²) in [6.07, 6.45) is 6.69. The maximum absolute atomic E-state index is 4.53. The smallest absolute Gasteiger partial charge is 0.140 e. The minimum absolute atomic E-state index is 0.669. The van der Waals surface area contributed by atoms with Gasteiger partial charge >= 0.3 is 0 Å². The normalized spacial score (nSPS) is 15.5. The molecule has 0 N–H and O–H groups in total. The van der Waals surface area contributed by atoms with Crippen LogP contribution in [0, 0.1) is 12.8 Å². The van der Waals surface area contributed by atoms with E-state index < -0.39 is 0 Å². The van der Waals surface area contributed by atoms with Gasteiger partial charge in [-0.05, 0) is 19.4 Å². The Morgan fingerprint density at radius 3 is 2.86 bits per heavy atom. The number of nitrogens with zero attached hydrogens (tertiary/aromatic N) is 5. The molecule has 3 aromatic rings. The fourth-order valence-electron chi connectivity index (χ4n) is 3.05. The third kappa shape index (κ3) is 2.27. The van der Waals surface area contributed by atoms with Gasteiger partial charge in [-0.1, -0.05) is 6.92 Å². The fourth-order valence-corrected chi connectivity index (χ4v) is 3.98. The van der Waals surface area contributed by atoms with Crippen LogP contribution in [0.1, 0.15) is 17.6 Å². The first-order valence-corrected chi connectivity index (χ1v) is 8.52. The van der Waals surface area contributed by atoms with Gasteiger partial charge in [0.1, 0.15) is 22.8 Å². The monoisotopic (exact) mass is 313 g/mol. The highest BCUT2D eigenvalue weighted by molar-refractivity contribution is 7.18. The molecule has 0 aromatic carbocycles. The van der Waals surface area contributed by atoms with Crippen LogP contribution >= 0.6 is 11.3 Å². The molecule has 0 unspecified atom stereocenters. The van der Waals surface area contributed by atoms with Crippen LogP contribution in [0.3, 0.4) is 0 Å². The molecular weight excluding hydrogens is 294 g/mol. The Hall–Kier alpha value is -1.95. The van der Waals surface area contributed by atoms with Gasteiger partial charge in [0, 0.05) is 42.8 Å². The quantitative estimate of drug-likeness (QED) is 0.743. The van der Waals surface area contributed by atoms with E-state index >= 15 is 0 Å². The Morgan fingerprint density at radius 2 is 2.14 bits per heavy atom. The standard InChI is InChI=1S/C16H19N5S/c1-3-13-6-14-15(18-10-19-16(14)22-13)21-8-12(9-21)7-20-5-4-17-11(20)2/h4-6,10,12H,3,7-9H2,1-2H3. The maximum atomic E-state index is 4.53. The van der Waals surface area contributed by atoms with E-state index in [1.165, 1.54) is 10.3 Å². The van der Waals surface area contributed by atoms with E-state index in [2.05, 4.69) is 50.5 Å². The molecule has 114 valence electrons. The molecular formula is C16H19N5S. The van der Waals surface area contributed by atoms with Crippen molar-refractivity contribution in [2.45, 2.75) is 26.8 Å². The summed E-state index contributed by atoms with van der Waals surface area (Å²) in [5.41, 5.74) is 0. The molecule has 22 heavy (non-hydrogen) atoms. The lowest BCUT2D eigenvalue weighted by atomic mass is 9.99. The highest BCUT2D eigenvalue weighted by atomic mass is 32.1. The third-order valence-electron chi connectivity index (χ3n) is 4.34. The second-order valence-electron chi connectivity index (χ2n) is 5.88. The molecule has 0 aliphatic carbocycles. The van der Waals surface area contributed by atoms with E-state index in [4.69, 9.17) is 0 Å². The Morgan fingerprint density at radius 1 is 1.27 bits per heavy atom. The second kappa shape index (κ2) is 5.35. The molecule has 0 atom stereocenters. The van der Waals surface area contributed by atoms with Crippen LogP contribution in [0.4, 0.5) is 5.82 Å². The summed E-state index contributed by atoms with van der Waals surface area (Å²) in [5, 5.41) is 1.21. The van der Waals surface area contributed by atoms with Crippen LogP contribution in [0.5, 0.6) is 0 Å². The minimum atomic E-state index is 0.669. The molecule has 0 radical (unpaired) electrons. The van der Waals surface area contributed by atoms with E-state index in [0.29, 0.717) is 5.92 Å². The largest absolute Gasteiger partial charge is 0.355 e. The Kier molecular flexibility index (Phi) is 3.33. The van der Waals surface area contributed by atoms with E-state index in [1.807, 2.05) is 6.20 Å². The molecule has 3 aromatic heterocycles. The summed E-state index contributed by atoms with van der Waals surface area (Å²) in [5.74, 6) is 2.86. The lowest BCUT2D eigenvalue weighted by Crippen LogP contribution is -2.49. The van der Waals surface area contributed by atoms with Gasteiger partial charge in [0.2, 0.25) is 0 Å². The van der Waals surface area contributed by atoms with Crippen LogP contribution in [-0.2, 0) is 13.0 Å². The first kappa shape index (κ1) is 13.7. The molecule has 0 saturated carbocycles. The van der Waals surface area contributed by atoms with Crippen molar-refractivity contribution in [3.05, 3.63) is 35.5 Å². The van der Waals surface area contributed by atoms with Crippen molar-refractivity contribution in [2.75, 3.05) is 18.0 Å². The van der Waals surface area contributed by atoms with Crippen molar-refractivity contribution in [3.8, 4) is 0 Å². The van der Waals surface area contributed by atoms with Gasteiger partial charge in [-0.25, -0.2) is 15.0 Å². The Labute approximate surface area is 133 Å². The summed E-state index contributed by atoms with van der Waals surface area (Å²) < 4.78 is 2.23. The number of rotatable bonds is 4. The van der Waals surface area contributed by atoms with Gasteiger partial charge in [-0.2, -0.15) is 0 Å². The Balaban J connectivity index is 1.51. The second-order valence-corrected chi connectivity index (χ2v) is 7.00. The van der Waals surface area contributed by atoms with E-state index in [0.717, 1.165) is 42.5 Å². The van der Waals surface area contributed by atoms with E-state index in [9.17, 15) is 0 Å². The molecule has 0 bridgehead atoms. The van der Waals surface area contributed by atoms with E-state index in [-0.39, 0.29) is 0 Å². The molecule has 0 amide bonds. The number of hydrogen-bond donors (Lipinski definition) is 0. The molecule has 5 nitrogen and oxygen atoms in total. The van der Waals surface area contributed by atoms with Crippen molar-refractivity contribution in [2.24, 2.45) is 5.92 Å². The molecule has 1 aliphatic rings. The van der Waals surface area contributed by atoms with Crippen molar-refractivity contribution < 1.29 is 0 Å². The molecule has 4 rings (SSSR count). The van der Waals surface area contributed by atoms with Crippen LogP contribution in [0.15, 0.2) is 24.8 Å². The van der Waals surface area contributed by atoms with Crippen LogP contribution < -0.4 is 4.90 Å². The number of fused-ring (bicyclic) bond motifs is 1. The highest BCUT2D eigenvalue weighted by Crippen LogP contribution is 2.33. The average Bonchev–Trinajstić information content (AvgIpc) is 3.08. The topological polar surface area (TPSA) is 46.8 Å². The SMILES string of the molecule is CCc1cc2c(N3CC(Cn4ccnc4C)C3)ncnc2s1. The summed E-state index contributed by atoms with van der Waals surface area (Å²) >= 11 is 1.78. The predicted octanol–water partition coefficient (Wildman–Crippen LogP) is 2.90. The minimum Gasteiger partial charge on any atom is -0.355 e. The van der Waals surface area contributed by atoms with Crippen molar-refractivity contribution in [1.29, 1.82) is 0 Å². The molecule has 1 fully saturated rings. The first-order valence-electron chi connectivity index (χ1n) is 7.70. The number of imidazole rings is 1. The van der Waals surface area contributed by atoms with Gasteiger partial charge in [-0.15, -0.1) is 11.3 Å². The van der Waals surface area contributed by atoms with Crippen molar-refractivity contribution in [3.63, 3.8) is 0 Å². The zero-order valence-corrected chi connectivity index (χ0v) is 13.7. The lowest BCUT2D eigenvalue weighted by molar-refractivity contribution is 0.353. The number of anilines is 1. The molecule has 0 spiro atoms. The summed E-state index contributed by atoms with van der Waals surface area (Å²) in [7, 11) is 0. The van der Waals surface area contributed by atoms with Crippen LogP contribution in [0.2, 0.25) is 0 Å². The number of aromatic nitrogens is 4. The van der Waals surface area contributed by atoms with Gasteiger partial charge in [0.25, 0.3) is 0 Å². The maximum Gasteiger partial charge on any atom is 0.140 e. The number of thiophene rings is 1. The van der Waals surface area contributed by atoms with Crippen molar-refractivity contribution in [1.82, 2.24) is 19.5 Å². The first-order chi connectivity index (χ1) is 10.7.